The van der Waals surface area contributed by atoms with Gasteiger partial charge in [0.25, 0.3) is 0 Å². The summed E-state index contributed by atoms with van der Waals surface area (Å²) < 4.78 is 41.1. The van der Waals surface area contributed by atoms with Gasteiger partial charge < -0.3 is 10.2 Å². The molecule has 21 heavy (non-hydrogen) atoms. The van der Waals surface area contributed by atoms with Crippen molar-refractivity contribution in [3.8, 4) is 0 Å². The van der Waals surface area contributed by atoms with Gasteiger partial charge in [-0.25, -0.2) is 13.2 Å². The Kier molecular flexibility index (Phi) is 4.81. The van der Waals surface area contributed by atoms with Crippen LogP contribution in [0.3, 0.4) is 0 Å². The second-order valence-electron chi connectivity index (χ2n) is 6.44. The molecular weight excluding hydrogens is 277 g/mol. The minimum absolute atomic E-state index is 0.00991. The average molecular weight is 300 g/mol. The van der Waals surface area contributed by atoms with Gasteiger partial charge in [0.05, 0.1) is 5.69 Å². The largest absolute Gasteiger partial charge is 0.363 e. The number of anilines is 1. The SMILES string of the molecule is CC(C)C1CN(c2cc(F)cc(F)c2F)C(C(C)C)CN1. The molecule has 5 heteroatoms. The van der Waals surface area contributed by atoms with E-state index in [1.807, 2.05) is 18.7 Å². The summed E-state index contributed by atoms with van der Waals surface area (Å²) in [7, 11) is 0. The van der Waals surface area contributed by atoms with Crippen LogP contribution in [0.5, 0.6) is 0 Å². The topological polar surface area (TPSA) is 15.3 Å². The Morgan fingerprint density at radius 2 is 1.76 bits per heavy atom. The van der Waals surface area contributed by atoms with Crippen LogP contribution in [0.1, 0.15) is 27.7 Å². The zero-order chi connectivity index (χ0) is 15.7. The molecule has 1 N–H and O–H groups in total. The molecule has 1 aliphatic heterocycles. The average Bonchev–Trinajstić information content (AvgIpc) is 2.41. The van der Waals surface area contributed by atoms with Crippen LogP contribution in [0.4, 0.5) is 18.9 Å². The van der Waals surface area contributed by atoms with Crippen molar-refractivity contribution < 1.29 is 13.2 Å². The minimum atomic E-state index is -1.13. The van der Waals surface area contributed by atoms with Crippen LogP contribution in [-0.2, 0) is 0 Å². The van der Waals surface area contributed by atoms with Crippen LogP contribution < -0.4 is 10.2 Å². The molecule has 0 radical (unpaired) electrons. The maximum absolute atomic E-state index is 14.1. The fourth-order valence-corrected chi connectivity index (χ4v) is 2.86. The fraction of sp³-hybridized carbons (Fsp3) is 0.625. The Balaban J connectivity index is 2.40. The van der Waals surface area contributed by atoms with E-state index in [1.54, 1.807) is 0 Å². The summed E-state index contributed by atoms with van der Waals surface area (Å²) in [5, 5.41) is 3.45. The molecule has 2 nitrogen and oxygen atoms in total. The third-order valence-electron chi connectivity index (χ3n) is 4.24. The first-order chi connectivity index (χ1) is 9.81. The van der Waals surface area contributed by atoms with Gasteiger partial charge >= 0.3 is 0 Å². The van der Waals surface area contributed by atoms with Crippen molar-refractivity contribution in [2.45, 2.75) is 39.8 Å². The maximum Gasteiger partial charge on any atom is 0.182 e. The highest BCUT2D eigenvalue weighted by atomic mass is 19.2. The minimum Gasteiger partial charge on any atom is -0.363 e. The molecule has 1 saturated heterocycles. The molecule has 0 saturated carbocycles. The Morgan fingerprint density at radius 3 is 2.33 bits per heavy atom. The van der Waals surface area contributed by atoms with Crippen LogP contribution in [0.15, 0.2) is 12.1 Å². The number of hydrogen-bond donors (Lipinski definition) is 1. The van der Waals surface area contributed by atoms with E-state index in [1.165, 1.54) is 0 Å². The van der Waals surface area contributed by atoms with Crippen LogP contribution in [0.2, 0.25) is 0 Å². The van der Waals surface area contributed by atoms with Gasteiger partial charge in [0.2, 0.25) is 0 Å². The predicted molar refractivity (Wildman–Crippen MR) is 78.9 cm³/mol. The van der Waals surface area contributed by atoms with E-state index in [2.05, 4.69) is 19.2 Å². The molecule has 1 aromatic rings. The van der Waals surface area contributed by atoms with Gasteiger partial charge in [0, 0.05) is 37.3 Å². The summed E-state index contributed by atoms with van der Waals surface area (Å²) >= 11 is 0. The lowest BCUT2D eigenvalue weighted by Crippen LogP contribution is -2.60. The van der Waals surface area contributed by atoms with Crippen molar-refractivity contribution in [3.63, 3.8) is 0 Å². The van der Waals surface area contributed by atoms with E-state index >= 15 is 0 Å². The number of piperazine rings is 1. The summed E-state index contributed by atoms with van der Waals surface area (Å²) in [6.07, 6.45) is 0. The summed E-state index contributed by atoms with van der Waals surface area (Å²) in [4.78, 5) is 1.81. The molecule has 0 bridgehead atoms. The van der Waals surface area contributed by atoms with Crippen molar-refractivity contribution in [3.05, 3.63) is 29.6 Å². The molecule has 1 aliphatic rings. The van der Waals surface area contributed by atoms with Crippen molar-refractivity contribution >= 4 is 5.69 Å². The van der Waals surface area contributed by atoms with Crippen molar-refractivity contribution in [1.82, 2.24) is 5.32 Å². The first kappa shape index (κ1) is 16.1. The standard InChI is InChI=1S/C16H23F3N2/c1-9(2)13-8-21(15(7-20-13)10(3)4)14-6-11(17)5-12(18)16(14)19/h5-6,9-10,13,15,20H,7-8H2,1-4H3. The Bertz CT molecular complexity index is 503. The van der Waals surface area contributed by atoms with Gasteiger partial charge in [-0.2, -0.15) is 0 Å². The lowest BCUT2D eigenvalue weighted by atomic mass is 9.93. The maximum atomic E-state index is 14.1. The fourth-order valence-electron chi connectivity index (χ4n) is 2.86. The molecule has 1 fully saturated rings. The summed E-state index contributed by atoms with van der Waals surface area (Å²) in [5.74, 6) is -2.23. The number of hydrogen-bond acceptors (Lipinski definition) is 2. The molecule has 1 aromatic carbocycles. The van der Waals surface area contributed by atoms with Crippen LogP contribution >= 0.6 is 0 Å². The molecular formula is C16H23F3N2. The van der Waals surface area contributed by atoms with Crippen molar-refractivity contribution in [2.24, 2.45) is 11.8 Å². The van der Waals surface area contributed by atoms with E-state index in [0.717, 1.165) is 6.07 Å². The quantitative estimate of drug-likeness (QED) is 0.859. The third-order valence-corrected chi connectivity index (χ3v) is 4.24. The summed E-state index contributed by atoms with van der Waals surface area (Å²) in [5.41, 5.74) is 0.0262. The van der Waals surface area contributed by atoms with Crippen molar-refractivity contribution in [1.29, 1.82) is 0 Å². The van der Waals surface area contributed by atoms with E-state index in [9.17, 15) is 13.2 Å². The Hall–Kier alpha value is -1.23. The number of nitrogens with zero attached hydrogens (tertiary/aromatic N) is 1. The van der Waals surface area contributed by atoms with Crippen LogP contribution in [0, 0.1) is 29.3 Å². The molecule has 1 heterocycles. The van der Waals surface area contributed by atoms with Crippen LogP contribution in [0.25, 0.3) is 0 Å². The van der Waals surface area contributed by atoms with Crippen molar-refractivity contribution in [2.75, 3.05) is 18.0 Å². The number of nitrogens with one attached hydrogen (secondary N) is 1. The smallest absolute Gasteiger partial charge is 0.182 e. The van der Waals surface area contributed by atoms with Gasteiger partial charge in [0.1, 0.15) is 5.82 Å². The molecule has 2 unspecified atom stereocenters. The first-order valence-corrected chi connectivity index (χ1v) is 7.45. The van der Waals surface area contributed by atoms with E-state index in [-0.39, 0.29) is 23.7 Å². The molecule has 0 aromatic heterocycles. The number of rotatable bonds is 3. The number of benzene rings is 1. The van der Waals surface area contributed by atoms with Gasteiger partial charge in [-0.3, -0.25) is 0 Å². The molecule has 0 aliphatic carbocycles. The highest BCUT2D eigenvalue weighted by molar-refractivity contribution is 5.50. The molecule has 2 atom stereocenters. The normalized spacial score (nSPS) is 23.2. The third kappa shape index (κ3) is 3.34. The van der Waals surface area contributed by atoms with E-state index in [0.29, 0.717) is 25.1 Å². The predicted octanol–water partition coefficient (Wildman–Crippen LogP) is 3.56. The Labute approximate surface area is 124 Å². The second-order valence-corrected chi connectivity index (χ2v) is 6.44. The molecule has 0 spiro atoms. The molecule has 118 valence electrons. The monoisotopic (exact) mass is 300 g/mol. The summed E-state index contributed by atoms with van der Waals surface area (Å²) in [6, 6.07) is 1.86. The second kappa shape index (κ2) is 6.26. The van der Waals surface area contributed by atoms with Gasteiger partial charge in [-0.1, -0.05) is 27.7 Å². The van der Waals surface area contributed by atoms with E-state index in [4.69, 9.17) is 0 Å². The molecule has 0 amide bonds. The zero-order valence-electron chi connectivity index (χ0n) is 13.0. The highest BCUT2D eigenvalue weighted by Gasteiger charge is 2.33. The van der Waals surface area contributed by atoms with E-state index < -0.39 is 17.5 Å². The number of halogens is 3. The Morgan fingerprint density at radius 1 is 1.10 bits per heavy atom. The van der Waals surface area contributed by atoms with Gasteiger partial charge in [-0.05, 0) is 11.8 Å². The lowest BCUT2D eigenvalue weighted by molar-refractivity contribution is 0.292. The summed E-state index contributed by atoms with van der Waals surface area (Å²) in [6.45, 7) is 9.44. The highest BCUT2D eigenvalue weighted by Crippen LogP contribution is 2.29. The molecule has 2 rings (SSSR count). The van der Waals surface area contributed by atoms with Gasteiger partial charge in [0.15, 0.2) is 11.6 Å². The lowest BCUT2D eigenvalue weighted by Gasteiger charge is -2.45. The first-order valence-electron chi connectivity index (χ1n) is 7.45. The van der Waals surface area contributed by atoms with Gasteiger partial charge in [-0.15, -0.1) is 0 Å². The van der Waals surface area contributed by atoms with Crippen LogP contribution in [-0.4, -0.2) is 25.2 Å². The zero-order valence-corrected chi connectivity index (χ0v) is 13.0.